The van der Waals surface area contributed by atoms with Gasteiger partial charge in [0.15, 0.2) is 0 Å². The third-order valence-corrected chi connectivity index (χ3v) is 6.94. The first-order valence-electron chi connectivity index (χ1n) is 11.2. The lowest BCUT2D eigenvalue weighted by atomic mass is 10.0. The fourth-order valence-electron chi connectivity index (χ4n) is 4.08. The van der Waals surface area contributed by atoms with Crippen molar-refractivity contribution < 1.29 is 9.59 Å². The summed E-state index contributed by atoms with van der Waals surface area (Å²) in [5, 5.41) is 7.65. The van der Waals surface area contributed by atoms with Gasteiger partial charge >= 0.3 is 0 Å². The van der Waals surface area contributed by atoms with Gasteiger partial charge in [-0.15, -0.1) is 0 Å². The van der Waals surface area contributed by atoms with E-state index in [0.29, 0.717) is 47.6 Å². The molecule has 0 spiro atoms. The number of thiophene rings is 1. The molecule has 176 valence electrons. The van der Waals surface area contributed by atoms with E-state index in [0.717, 1.165) is 16.7 Å². The van der Waals surface area contributed by atoms with E-state index < -0.39 is 0 Å². The Morgan fingerprint density at radius 1 is 1.20 bits per heavy atom. The van der Waals surface area contributed by atoms with E-state index in [4.69, 9.17) is 5.73 Å². The van der Waals surface area contributed by atoms with Crippen molar-refractivity contribution in [3.05, 3.63) is 75.4 Å². The van der Waals surface area contributed by atoms with Gasteiger partial charge in [-0.3, -0.25) is 9.59 Å². The standard InChI is InChI=1S/C26H24N6O2S/c1-16-3-4-20(26(34)28-10-18-7-8-35-14-18)9-19(16)5-6-21-11-32(22-12-31(13-22)17(2)33)25-23(21)24(27)29-15-30-25/h3-4,7-9,11,14-15,22H,10,12-13H2,1-2H3,(H,28,34)(H2,27,29,30). The molecule has 0 bridgehead atoms. The van der Waals surface area contributed by atoms with E-state index in [2.05, 4.69) is 27.1 Å². The maximum Gasteiger partial charge on any atom is 0.251 e. The van der Waals surface area contributed by atoms with E-state index in [-0.39, 0.29) is 17.9 Å². The van der Waals surface area contributed by atoms with Crippen molar-refractivity contribution in [2.24, 2.45) is 0 Å². The van der Waals surface area contributed by atoms with Crippen LogP contribution in [0.5, 0.6) is 0 Å². The minimum absolute atomic E-state index is 0.0570. The Morgan fingerprint density at radius 2 is 2.00 bits per heavy atom. The average molecular weight is 485 g/mol. The number of anilines is 1. The summed E-state index contributed by atoms with van der Waals surface area (Å²) >= 11 is 1.60. The molecule has 0 radical (unpaired) electrons. The lowest BCUT2D eigenvalue weighted by Gasteiger charge is -2.39. The number of fused-ring (bicyclic) bond motifs is 1. The molecule has 1 saturated heterocycles. The third kappa shape index (κ3) is 4.48. The van der Waals surface area contributed by atoms with Crippen LogP contribution in [0, 0.1) is 18.8 Å². The molecule has 2 amide bonds. The molecule has 1 fully saturated rings. The molecular weight excluding hydrogens is 460 g/mol. The number of nitrogen functional groups attached to an aromatic ring is 1. The van der Waals surface area contributed by atoms with Crippen LogP contribution < -0.4 is 11.1 Å². The van der Waals surface area contributed by atoms with Gasteiger partial charge in [0.1, 0.15) is 17.8 Å². The molecule has 0 saturated carbocycles. The zero-order valence-corrected chi connectivity index (χ0v) is 20.2. The first-order valence-corrected chi connectivity index (χ1v) is 12.1. The van der Waals surface area contributed by atoms with Gasteiger partial charge in [0, 0.05) is 43.9 Å². The molecule has 8 nitrogen and oxygen atoms in total. The second-order valence-electron chi connectivity index (χ2n) is 8.58. The van der Waals surface area contributed by atoms with Crippen LogP contribution in [0.15, 0.2) is 47.5 Å². The number of carbonyl (C=O) groups is 2. The maximum atomic E-state index is 12.7. The first-order chi connectivity index (χ1) is 16.9. The molecule has 4 aromatic rings. The highest BCUT2D eigenvalue weighted by atomic mass is 32.1. The van der Waals surface area contributed by atoms with Crippen LogP contribution in [-0.4, -0.2) is 44.3 Å². The molecule has 3 N–H and O–H groups in total. The second-order valence-corrected chi connectivity index (χ2v) is 9.36. The van der Waals surface area contributed by atoms with Gasteiger partial charge in [-0.05, 0) is 47.0 Å². The van der Waals surface area contributed by atoms with Gasteiger partial charge in [0.25, 0.3) is 5.91 Å². The molecule has 0 unspecified atom stereocenters. The van der Waals surface area contributed by atoms with Crippen LogP contribution in [0.25, 0.3) is 11.0 Å². The number of rotatable bonds is 4. The number of hydrogen-bond acceptors (Lipinski definition) is 6. The fourth-order valence-corrected chi connectivity index (χ4v) is 4.75. The summed E-state index contributed by atoms with van der Waals surface area (Å²) in [6, 6.07) is 7.61. The molecule has 0 atom stereocenters. The van der Waals surface area contributed by atoms with Gasteiger partial charge in [-0.1, -0.05) is 17.9 Å². The van der Waals surface area contributed by atoms with E-state index in [1.165, 1.54) is 6.33 Å². The van der Waals surface area contributed by atoms with Gasteiger partial charge in [0.2, 0.25) is 5.91 Å². The zero-order chi connectivity index (χ0) is 24.5. The van der Waals surface area contributed by atoms with E-state index in [1.807, 2.05) is 40.6 Å². The lowest BCUT2D eigenvalue weighted by molar-refractivity contribution is -0.134. The van der Waals surface area contributed by atoms with Crippen LogP contribution in [0.3, 0.4) is 0 Å². The number of nitrogens with zero attached hydrogens (tertiary/aromatic N) is 4. The highest BCUT2D eigenvalue weighted by Crippen LogP contribution is 2.30. The Kier molecular flexibility index (Phi) is 5.97. The number of aromatic nitrogens is 3. The van der Waals surface area contributed by atoms with E-state index in [9.17, 15) is 9.59 Å². The Balaban J connectivity index is 1.43. The number of hydrogen-bond donors (Lipinski definition) is 2. The maximum absolute atomic E-state index is 12.7. The Labute approximate surface area is 206 Å². The Bertz CT molecular complexity index is 1490. The van der Waals surface area contributed by atoms with Crippen molar-refractivity contribution in [1.82, 2.24) is 24.8 Å². The topological polar surface area (TPSA) is 106 Å². The monoisotopic (exact) mass is 484 g/mol. The molecule has 1 aliphatic heterocycles. The zero-order valence-electron chi connectivity index (χ0n) is 19.4. The molecule has 1 aliphatic rings. The summed E-state index contributed by atoms with van der Waals surface area (Å²) in [5.41, 5.74) is 11.0. The van der Waals surface area contributed by atoms with Crippen LogP contribution in [0.1, 0.15) is 45.6 Å². The number of likely N-dealkylation sites (tertiary alicyclic amines) is 1. The SMILES string of the molecule is CC(=O)N1CC(n2cc(C#Cc3cc(C(=O)NCc4ccsc4)ccc3C)c3c(N)ncnc32)C1. The molecule has 0 aliphatic carbocycles. The number of benzene rings is 1. The van der Waals surface area contributed by atoms with Gasteiger partial charge in [-0.25, -0.2) is 9.97 Å². The summed E-state index contributed by atoms with van der Waals surface area (Å²) < 4.78 is 2.03. The van der Waals surface area contributed by atoms with Crippen molar-refractivity contribution in [3.63, 3.8) is 0 Å². The number of nitrogens with one attached hydrogen (secondary N) is 1. The normalized spacial score (nSPS) is 13.3. The minimum atomic E-state index is -0.145. The van der Waals surface area contributed by atoms with Crippen LogP contribution in [0.4, 0.5) is 5.82 Å². The number of aryl methyl sites for hydroxylation is 1. The third-order valence-electron chi connectivity index (χ3n) is 6.20. The molecule has 3 aromatic heterocycles. The van der Waals surface area contributed by atoms with Gasteiger partial charge in [0.05, 0.1) is 17.0 Å². The molecular formula is C26H24N6O2S. The van der Waals surface area contributed by atoms with Gasteiger partial charge in [-0.2, -0.15) is 11.3 Å². The average Bonchev–Trinajstić information content (AvgIpc) is 3.45. The van der Waals surface area contributed by atoms with Crippen LogP contribution in [0.2, 0.25) is 0 Å². The Hall–Kier alpha value is -4.16. The second kappa shape index (κ2) is 9.24. The van der Waals surface area contributed by atoms with Crippen LogP contribution >= 0.6 is 11.3 Å². The Morgan fingerprint density at radius 3 is 2.74 bits per heavy atom. The highest BCUT2D eigenvalue weighted by Gasteiger charge is 2.31. The summed E-state index contributed by atoms with van der Waals surface area (Å²) in [6.07, 6.45) is 3.37. The molecule has 1 aromatic carbocycles. The van der Waals surface area contributed by atoms with Crippen LogP contribution in [-0.2, 0) is 11.3 Å². The number of amides is 2. The minimum Gasteiger partial charge on any atom is -0.383 e. The number of nitrogens with two attached hydrogens (primary N) is 1. The lowest BCUT2D eigenvalue weighted by Crippen LogP contribution is -2.49. The molecule has 35 heavy (non-hydrogen) atoms. The highest BCUT2D eigenvalue weighted by molar-refractivity contribution is 7.07. The van der Waals surface area contributed by atoms with E-state index >= 15 is 0 Å². The molecule has 9 heteroatoms. The first kappa shape index (κ1) is 22.6. The fraction of sp³-hybridized carbons (Fsp3) is 0.231. The summed E-state index contributed by atoms with van der Waals surface area (Å²) in [6.45, 7) is 5.26. The predicted octanol–water partition coefficient (Wildman–Crippen LogP) is 3.12. The van der Waals surface area contributed by atoms with Crippen molar-refractivity contribution in [2.45, 2.75) is 26.4 Å². The van der Waals surface area contributed by atoms with Crippen molar-refractivity contribution in [1.29, 1.82) is 0 Å². The number of carbonyl (C=O) groups excluding carboxylic acids is 2. The largest absolute Gasteiger partial charge is 0.383 e. The van der Waals surface area contributed by atoms with E-state index in [1.54, 1.807) is 35.3 Å². The quantitative estimate of drug-likeness (QED) is 0.433. The van der Waals surface area contributed by atoms with Crippen molar-refractivity contribution in [2.75, 3.05) is 18.8 Å². The van der Waals surface area contributed by atoms with Gasteiger partial charge < -0.3 is 20.5 Å². The van der Waals surface area contributed by atoms with Crippen molar-refractivity contribution in [3.8, 4) is 11.8 Å². The smallest absolute Gasteiger partial charge is 0.251 e. The predicted molar refractivity (Wildman–Crippen MR) is 136 cm³/mol. The molecule has 4 heterocycles. The summed E-state index contributed by atoms with van der Waals surface area (Å²) in [4.78, 5) is 34.6. The molecule has 5 rings (SSSR count). The van der Waals surface area contributed by atoms with Crippen molar-refractivity contribution >= 4 is 40.0 Å². The summed E-state index contributed by atoms with van der Waals surface area (Å²) in [5.74, 6) is 6.71. The summed E-state index contributed by atoms with van der Waals surface area (Å²) in [7, 11) is 0.